The number of aryl methyl sites for hydroxylation is 1. The van der Waals surface area contributed by atoms with Gasteiger partial charge in [0, 0.05) is 32.7 Å². The molecule has 1 saturated carbocycles. The van der Waals surface area contributed by atoms with Crippen molar-refractivity contribution in [2.24, 2.45) is 11.3 Å². The van der Waals surface area contributed by atoms with E-state index in [9.17, 15) is 9.59 Å². The molecule has 2 saturated heterocycles. The molecule has 1 aromatic rings. The number of carbonyl (C=O) groups is 2. The Kier molecular flexibility index (Phi) is 6.66. The van der Waals surface area contributed by atoms with E-state index in [1.807, 2.05) is 21.9 Å². The first-order chi connectivity index (χ1) is 13.1. The molecule has 0 radical (unpaired) electrons. The lowest BCUT2D eigenvalue weighted by molar-refractivity contribution is -0.149. The van der Waals surface area contributed by atoms with E-state index < -0.39 is 0 Å². The van der Waals surface area contributed by atoms with E-state index in [0.717, 1.165) is 25.1 Å². The van der Waals surface area contributed by atoms with E-state index in [4.69, 9.17) is 0 Å². The molecular weight excluding hydrogens is 374 g/mol. The van der Waals surface area contributed by atoms with Gasteiger partial charge in [-0.25, -0.2) is 0 Å². The summed E-state index contributed by atoms with van der Waals surface area (Å²) in [5.41, 5.74) is 2.09. The second-order valence-electron chi connectivity index (χ2n) is 8.57. The van der Waals surface area contributed by atoms with Gasteiger partial charge in [0.1, 0.15) is 0 Å². The Hall–Kier alpha value is -1.59. The quantitative estimate of drug-likeness (QED) is 0.840. The number of piperazine rings is 1. The summed E-state index contributed by atoms with van der Waals surface area (Å²) in [4.78, 5) is 29.9. The second kappa shape index (κ2) is 8.83. The molecule has 4 rings (SSSR count). The van der Waals surface area contributed by atoms with Crippen LogP contribution in [-0.2, 0) is 16.0 Å². The van der Waals surface area contributed by atoms with Crippen LogP contribution in [-0.4, -0.2) is 60.9 Å². The Morgan fingerprint density at radius 3 is 2.46 bits per heavy atom. The lowest BCUT2D eigenvalue weighted by Gasteiger charge is -2.43. The van der Waals surface area contributed by atoms with Crippen LogP contribution in [0, 0.1) is 18.3 Å². The second-order valence-corrected chi connectivity index (χ2v) is 8.57. The number of fused-ring (bicyclic) bond motifs is 1. The number of hydrogen-bond acceptors (Lipinski definition) is 3. The van der Waals surface area contributed by atoms with Crippen molar-refractivity contribution < 1.29 is 9.59 Å². The average molecular weight is 406 g/mol. The Labute approximate surface area is 174 Å². The van der Waals surface area contributed by atoms with Crippen LogP contribution in [0.25, 0.3) is 0 Å². The molecule has 0 aromatic heterocycles. The van der Waals surface area contributed by atoms with Crippen molar-refractivity contribution in [3.05, 3.63) is 35.4 Å². The molecule has 2 atom stereocenters. The smallest absolute Gasteiger partial charge is 0.230 e. The minimum absolute atomic E-state index is 0. The number of rotatable bonds is 3. The molecule has 5 nitrogen and oxygen atoms in total. The first-order valence-electron chi connectivity index (χ1n) is 10.4. The first-order valence-corrected chi connectivity index (χ1v) is 10.4. The number of hydrogen-bond donors (Lipinski definition) is 1. The SMILES string of the molecule is Cc1ccc(CC(=O)N2CCN(C(=O)[C@@]34CCCC[C@H]3CNC4)CC2)cc1.Cl. The van der Waals surface area contributed by atoms with Gasteiger partial charge >= 0.3 is 0 Å². The van der Waals surface area contributed by atoms with Crippen LogP contribution < -0.4 is 5.32 Å². The lowest BCUT2D eigenvalue weighted by Crippen LogP contribution is -2.56. The van der Waals surface area contributed by atoms with Gasteiger partial charge in [0.05, 0.1) is 11.8 Å². The summed E-state index contributed by atoms with van der Waals surface area (Å²) in [5, 5.41) is 3.47. The van der Waals surface area contributed by atoms with E-state index in [0.29, 0.717) is 44.4 Å². The molecule has 2 heterocycles. The highest BCUT2D eigenvalue weighted by molar-refractivity contribution is 5.85. The third-order valence-electron chi connectivity index (χ3n) is 6.86. The van der Waals surface area contributed by atoms with Gasteiger partial charge in [0.2, 0.25) is 11.8 Å². The third-order valence-corrected chi connectivity index (χ3v) is 6.86. The summed E-state index contributed by atoms with van der Waals surface area (Å²) < 4.78 is 0. The summed E-state index contributed by atoms with van der Waals surface area (Å²) in [6, 6.07) is 8.16. The van der Waals surface area contributed by atoms with Gasteiger partial charge in [-0.1, -0.05) is 42.7 Å². The standard InChI is InChI=1S/C22H31N3O2.ClH/c1-17-5-7-18(8-6-17)14-20(26)24-10-12-25(13-11-24)21(27)22-9-3-2-4-19(22)15-23-16-22;/h5-8,19,23H,2-4,9-16H2,1H3;1H/t19-,22+;/m0./s1. The van der Waals surface area contributed by atoms with Crippen LogP contribution in [0.5, 0.6) is 0 Å². The molecule has 3 aliphatic rings. The molecule has 2 aliphatic heterocycles. The van der Waals surface area contributed by atoms with Gasteiger partial charge in [-0.05, 0) is 37.8 Å². The highest BCUT2D eigenvalue weighted by atomic mass is 35.5. The number of carbonyl (C=O) groups excluding carboxylic acids is 2. The predicted molar refractivity (Wildman–Crippen MR) is 113 cm³/mol. The van der Waals surface area contributed by atoms with Crippen LogP contribution in [0.15, 0.2) is 24.3 Å². The van der Waals surface area contributed by atoms with Crippen molar-refractivity contribution in [2.75, 3.05) is 39.3 Å². The topological polar surface area (TPSA) is 52.7 Å². The van der Waals surface area contributed by atoms with Crippen molar-refractivity contribution in [2.45, 2.75) is 39.0 Å². The van der Waals surface area contributed by atoms with Gasteiger partial charge in [-0.3, -0.25) is 9.59 Å². The molecule has 28 heavy (non-hydrogen) atoms. The number of halogens is 1. The Morgan fingerprint density at radius 2 is 1.75 bits per heavy atom. The minimum atomic E-state index is -0.174. The number of nitrogens with zero attached hydrogens (tertiary/aromatic N) is 2. The summed E-state index contributed by atoms with van der Waals surface area (Å²) in [6.45, 7) is 6.54. The van der Waals surface area contributed by atoms with Crippen molar-refractivity contribution in [3.8, 4) is 0 Å². The number of nitrogens with one attached hydrogen (secondary N) is 1. The van der Waals surface area contributed by atoms with Crippen LogP contribution >= 0.6 is 12.4 Å². The van der Waals surface area contributed by atoms with E-state index in [2.05, 4.69) is 24.4 Å². The van der Waals surface area contributed by atoms with Crippen LogP contribution in [0.4, 0.5) is 0 Å². The molecule has 2 amide bonds. The van der Waals surface area contributed by atoms with Gasteiger partial charge < -0.3 is 15.1 Å². The maximum absolute atomic E-state index is 13.3. The Balaban J connectivity index is 0.00000225. The monoisotopic (exact) mass is 405 g/mol. The van der Waals surface area contributed by atoms with Crippen LogP contribution in [0.3, 0.4) is 0 Å². The Bertz CT molecular complexity index is 700. The van der Waals surface area contributed by atoms with Crippen molar-refractivity contribution in [1.29, 1.82) is 0 Å². The normalized spacial score (nSPS) is 27.1. The van der Waals surface area contributed by atoms with Gasteiger partial charge in [-0.2, -0.15) is 0 Å². The summed E-state index contributed by atoms with van der Waals surface area (Å²) >= 11 is 0. The zero-order chi connectivity index (χ0) is 18.9. The molecule has 3 fully saturated rings. The number of benzene rings is 1. The average Bonchev–Trinajstić information content (AvgIpc) is 3.14. The van der Waals surface area contributed by atoms with Crippen LogP contribution in [0.2, 0.25) is 0 Å². The van der Waals surface area contributed by atoms with Crippen molar-refractivity contribution >= 4 is 24.2 Å². The highest BCUT2D eigenvalue weighted by Crippen LogP contribution is 2.45. The fourth-order valence-electron chi connectivity index (χ4n) is 5.13. The molecule has 0 unspecified atom stereocenters. The minimum Gasteiger partial charge on any atom is -0.339 e. The van der Waals surface area contributed by atoms with E-state index in [1.54, 1.807) is 0 Å². The molecule has 1 aliphatic carbocycles. The zero-order valence-electron chi connectivity index (χ0n) is 16.8. The fourth-order valence-corrected chi connectivity index (χ4v) is 5.13. The van der Waals surface area contributed by atoms with Crippen molar-refractivity contribution in [3.63, 3.8) is 0 Å². The zero-order valence-corrected chi connectivity index (χ0v) is 17.6. The molecular formula is C22H32ClN3O2. The molecule has 154 valence electrons. The summed E-state index contributed by atoms with van der Waals surface area (Å²) in [6.07, 6.45) is 5.07. The summed E-state index contributed by atoms with van der Waals surface area (Å²) in [7, 11) is 0. The molecule has 0 spiro atoms. The molecule has 1 aromatic carbocycles. The molecule has 0 bridgehead atoms. The highest BCUT2D eigenvalue weighted by Gasteiger charge is 2.51. The predicted octanol–water partition coefficient (Wildman–Crippen LogP) is 2.41. The van der Waals surface area contributed by atoms with E-state index in [1.165, 1.54) is 24.8 Å². The maximum atomic E-state index is 13.3. The number of amides is 2. The third kappa shape index (κ3) is 4.06. The summed E-state index contributed by atoms with van der Waals surface area (Å²) in [5.74, 6) is 1.00. The van der Waals surface area contributed by atoms with Gasteiger partial charge in [-0.15, -0.1) is 12.4 Å². The fraction of sp³-hybridized carbons (Fsp3) is 0.636. The molecule has 6 heteroatoms. The molecule has 1 N–H and O–H groups in total. The van der Waals surface area contributed by atoms with Crippen LogP contribution in [0.1, 0.15) is 36.8 Å². The van der Waals surface area contributed by atoms with E-state index in [-0.39, 0.29) is 23.7 Å². The van der Waals surface area contributed by atoms with Gasteiger partial charge in [0.25, 0.3) is 0 Å². The van der Waals surface area contributed by atoms with Crippen molar-refractivity contribution in [1.82, 2.24) is 15.1 Å². The van der Waals surface area contributed by atoms with Gasteiger partial charge in [0.15, 0.2) is 0 Å². The first kappa shape index (κ1) is 21.1. The lowest BCUT2D eigenvalue weighted by atomic mass is 9.67. The largest absolute Gasteiger partial charge is 0.339 e. The Morgan fingerprint density at radius 1 is 1.07 bits per heavy atom. The van der Waals surface area contributed by atoms with E-state index >= 15 is 0 Å². The maximum Gasteiger partial charge on any atom is 0.230 e.